The number of aromatic amines is 2. The molecule has 0 aliphatic heterocycles. The second-order valence-corrected chi connectivity index (χ2v) is 9.51. The lowest BCUT2D eigenvalue weighted by Gasteiger charge is -2.06. The van der Waals surface area contributed by atoms with E-state index < -0.39 is 0 Å². The zero-order valence-electron chi connectivity index (χ0n) is 18.3. The fraction of sp³-hybridized carbons (Fsp3) is 0.120. The van der Waals surface area contributed by atoms with E-state index in [1.165, 1.54) is 0 Å². The van der Waals surface area contributed by atoms with Gasteiger partial charge in [0, 0.05) is 39.7 Å². The summed E-state index contributed by atoms with van der Waals surface area (Å²) in [6.45, 7) is 0. The van der Waals surface area contributed by atoms with Gasteiger partial charge in [-0.25, -0.2) is 4.98 Å². The molecule has 6 heterocycles. The fourth-order valence-electron chi connectivity index (χ4n) is 4.15. The highest BCUT2D eigenvalue weighted by Gasteiger charge is 2.29. The summed E-state index contributed by atoms with van der Waals surface area (Å²) in [6, 6.07) is 7.93. The molecule has 1 aliphatic rings. The number of H-pyrrole nitrogens is 2. The first-order chi connectivity index (χ1) is 17.2. The monoisotopic (exact) mass is 478 g/mol. The lowest BCUT2D eigenvalue weighted by atomic mass is 10.1. The van der Waals surface area contributed by atoms with Crippen LogP contribution in [0.2, 0.25) is 0 Å². The van der Waals surface area contributed by atoms with Crippen LogP contribution in [0.15, 0.2) is 60.6 Å². The number of thiophene rings is 1. The van der Waals surface area contributed by atoms with Gasteiger partial charge in [0.1, 0.15) is 11.2 Å². The second-order valence-electron chi connectivity index (χ2n) is 8.56. The maximum absolute atomic E-state index is 12.2. The van der Waals surface area contributed by atoms with Crippen molar-refractivity contribution < 1.29 is 4.79 Å². The Kier molecular flexibility index (Phi) is 4.46. The lowest BCUT2D eigenvalue weighted by molar-refractivity contribution is -0.117. The van der Waals surface area contributed by atoms with E-state index in [1.807, 2.05) is 29.8 Å². The van der Waals surface area contributed by atoms with Gasteiger partial charge in [0.15, 0.2) is 5.82 Å². The van der Waals surface area contributed by atoms with Gasteiger partial charge in [-0.1, -0.05) is 6.07 Å². The normalized spacial score (nSPS) is 13.5. The molecule has 0 unspecified atom stereocenters. The standard InChI is InChI=1S/C25H18N8OS/c34-25(13-3-4-13)29-15-6-14(8-26-9-15)18-7-16-19(12-28-18)32-33-23(16)24-30-20-11-27-10-17(22(20)31-24)21-2-1-5-35-21/h1-2,5-13H,3-4H2,(H,29,34)(H,30,31)(H,32,33). The van der Waals surface area contributed by atoms with Crippen LogP contribution in [0.5, 0.6) is 0 Å². The molecule has 1 saturated carbocycles. The molecule has 0 bridgehead atoms. The van der Waals surface area contributed by atoms with Gasteiger partial charge in [-0.15, -0.1) is 11.3 Å². The molecule has 10 heteroatoms. The minimum Gasteiger partial charge on any atom is -0.335 e. The van der Waals surface area contributed by atoms with Crippen molar-refractivity contribution in [2.24, 2.45) is 5.92 Å². The number of anilines is 1. The Hall–Kier alpha value is -4.44. The molecule has 0 radical (unpaired) electrons. The number of amides is 1. The van der Waals surface area contributed by atoms with E-state index in [9.17, 15) is 4.79 Å². The average molecular weight is 479 g/mol. The summed E-state index contributed by atoms with van der Waals surface area (Å²) in [5.41, 5.74) is 6.38. The Morgan fingerprint density at radius 3 is 2.83 bits per heavy atom. The van der Waals surface area contributed by atoms with E-state index in [4.69, 9.17) is 4.98 Å². The Balaban J connectivity index is 1.29. The Morgan fingerprint density at radius 1 is 1.06 bits per heavy atom. The molecule has 170 valence electrons. The first-order valence-corrected chi connectivity index (χ1v) is 12.1. The zero-order valence-corrected chi connectivity index (χ0v) is 19.1. The van der Waals surface area contributed by atoms with Crippen molar-refractivity contribution in [3.8, 4) is 33.2 Å². The number of carbonyl (C=O) groups is 1. The van der Waals surface area contributed by atoms with Crippen molar-refractivity contribution >= 4 is 44.9 Å². The molecule has 0 atom stereocenters. The number of carbonyl (C=O) groups excluding carboxylic acids is 1. The predicted octanol–water partition coefficient (Wildman–Crippen LogP) is 5.04. The van der Waals surface area contributed by atoms with Crippen molar-refractivity contribution in [3.05, 3.63) is 60.6 Å². The number of rotatable bonds is 5. The fourth-order valence-corrected chi connectivity index (χ4v) is 4.89. The van der Waals surface area contributed by atoms with E-state index >= 15 is 0 Å². The maximum atomic E-state index is 12.2. The molecule has 0 spiro atoms. The largest absolute Gasteiger partial charge is 0.335 e. The number of aromatic nitrogens is 7. The summed E-state index contributed by atoms with van der Waals surface area (Å²) in [5.74, 6) is 0.824. The highest BCUT2D eigenvalue weighted by molar-refractivity contribution is 7.13. The molecule has 1 aliphatic carbocycles. The van der Waals surface area contributed by atoms with Gasteiger partial charge in [-0.05, 0) is 36.4 Å². The Morgan fingerprint density at radius 2 is 1.97 bits per heavy atom. The molecule has 7 rings (SSSR count). The third-order valence-electron chi connectivity index (χ3n) is 6.10. The van der Waals surface area contributed by atoms with Crippen LogP contribution in [-0.2, 0) is 4.79 Å². The summed E-state index contributed by atoms with van der Waals surface area (Å²) in [4.78, 5) is 34.8. The topological polar surface area (TPSA) is 125 Å². The van der Waals surface area contributed by atoms with E-state index in [0.29, 0.717) is 17.2 Å². The molecule has 3 N–H and O–H groups in total. The molecule has 1 amide bonds. The van der Waals surface area contributed by atoms with E-state index in [0.717, 1.165) is 56.5 Å². The van der Waals surface area contributed by atoms with E-state index in [-0.39, 0.29) is 11.8 Å². The van der Waals surface area contributed by atoms with E-state index in [1.54, 1.807) is 36.1 Å². The first-order valence-electron chi connectivity index (χ1n) is 11.2. The molecule has 35 heavy (non-hydrogen) atoms. The van der Waals surface area contributed by atoms with Crippen LogP contribution in [0.25, 0.3) is 55.2 Å². The summed E-state index contributed by atoms with van der Waals surface area (Å²) in [6.07, 6.45) is 10.7. The van der Waals surface area contributed by atoms with Crippen molar-refractivity contribution in [1.82, 2.24) is 35.1 Å². The Labute approximate surface area is 202 Å². The number of nitrogens with zero attached hydrogens (tertiary/aromatic N) is 5. The van der Waals surface area contributed by atoms with Crippen molar-refractivity contribution in [3.63, 3.8) is 0 Å². The molecular formula is C25H18N8OS. The number of hydrogen-bond donors (Lipinski definition) is 3. The average Bonchev–Trinajstić information content (AvgIpc) is 3.26. The van der Waals surface area contributed by atoms with Crippen LogP contribution in [0.3, 0.4) is 0 Å². The quantitative estimate of drug-likeness (QED) is 0.319. The number of nitrogens with one attached hydrogen (secondary N) is 3. The van der Waals surface area contributed by atoms with Crippen molar-refractivity contribution in [2.45, 2.75) is 12.8 Å². The van der Waals surface area contributed by atoms with Crippen LogP contribution >= 0.6 is 11.3 Å². The number of pyridine rings is 3. The van der Waals surface area contributed by atoms with Crippen molar-refractivity contribution in [2.75, 3.05) is 5.32 Å². The zero-order chi connectivity index (χ0) is 23.4. The summed E-state index contributed by atoms with van der Waals surface area (Å²) in [5, 5.41) is 13.4. The van der Waals surface area contributed by atoms with Crippen molar-refractivity contribution in [1.29, 1.82) is 0 Å². The van der Waals surface area contributed by atoms with Gasteiger partial charge in [0.05, 0.1) is 41.0 Å². The van der Waals surface area contributed by atoms with Crippen LogP contribution in [0.4, 0.5) is 5.69 Å². The first kappa shape index (κ1) is 20.0. The summed E-state index contributed by atoms with van der Waals surface area (Å²) >= 11 is 1.65. The van der Waals surface area contributed by atoms with Gasteiger partial charge in [0.25, 0.3) is 0 Å². The Bertz CT molecular complexity index is 1710. The minimum atomic E-state index is 0.0470. The molecule has 6 aromatic heterocycles. The molecular weight excluding hydrogens is 460 g/mol. The van der Waals surface area contributed by atoms with Gasteiger partial charge in [-0.3, -0.25) is 24.8 Å². The lowest BCUT2D eigenvalue weighted by Crippen LogP contribution is -2.13. The highest BCUT2D eigenvalue weighted by atomic mass is 32.1. The SMILES string of the molecule is O=C(Nc1cncc(-c2cc3c(-c4nc5c(-c6cccs6)cncc5[nH]4)n[nH]c3cn2)c1)C1CC1. The summed E-state index contributed by atoms with van der Waals surface area (Å²) < 4.78 is 0. The predicted molar refractivity (Wildman–Crippen MR) is 135 cm³/mol. The molecule has 0 saturated heterocycles. The third-order valence-corrected chi connectivity index (χ3v) is 7.01. The van der Waals surface area contributed by atoms with Crippen LogP contribution in [0, 0.1) is 5.92 Å². The molecule has 9 nitrogen and oxygen atoms in total. The van der Waals surface area contributed by atoms with Gasteiger partial charge >= 0.3 is 0 Å². The van der Waals surface area contributed by atoms with Crippen LogP contribution < -0.4 is 5.32 Å². The molecule has 6 aromatic rings. The molecule has 1 fully saturated rings. The number of fused-ring (bicyclic) bond motifs is 2. The third kappa shape index (κ3) is 3.55. The second kappa shape index (κ2) is 7.81. The maximum Gasteiger partial charge on any atom is 0.227 e. The highest BCUT2D eigenvalue weighted by Crippen LogP contribution is 2.34. The number of hydrogen-bond acceptors (Lipinski definition) is 7. The van der Waals surface area contributed by atoms with Crippen LogP contribution in [0.1, 0.15) is 12.8 Å². The van der Waals surface area contributed by atoms with E-state index in [2.05, 4.69) is 41.5 Å². The number of imidazole rings is 1. The minimum absolute atomic E-state index is 0.0470. The van der Waals surface area contributed by atoms with Gasteiger partial charge < -0.3 is 10.3 Å². The smallest absolute Gasteiger partial charge is 0.227 e. The summed E-state index contributed by atoms with van der Waals surface area (Å²) in [7, 11) is 0. The van der Waals surface area contributed by atoms with Gasteiger partial charge in [0.2, 0.25) is 5.91 Å². The molecule has 0 aromatic carbocycles. The van der Waals surface area contributed by atoms with Crippen LogP contribution in [-0.4, -0.2) is 41.0 Å². The van der Waals surface area contributed by atoms with Gasteiger partial charge in [-0.2, -0.15) is 5.10 Å².